The van der Waals surface area contributed by atoms with E-state index in [0.717, 1.165) is 0 Å². The van der Waals surface area contributed by atoms with Gasteiger partial charge in [0, 0.05) is 164 Å². The topological polar surface area (TPSA) is 360 Å². The van der Waals surface area contributed by atoms with Crippen LogP contribution in [0.3, 0.4) is 0 Å². The van der Waals surface area contributed by atoms with Gasteiger partial charge in [0.2, 0.25) is 0 Å². The molecule has 0 saturated heterocycles. The van der Waals surface area contributed by atoms with Gasteiger partial charge in [0.15, 0.2) is 0 Å². The molecule has 0 heterocycles. The fraction of sp³-hybridized carbons (Fsp3) is 0. The number of hydrogen-bond donors (Lipinski definition) is 10. The summed E-state index contributed by atoms with van der Waals surface area (Å²) in [5.74, 6) is 0. The van der Waals surface area contributed by atoms with Crippen molar-refractivity contribution >= 4 is 100 Å². The minimum absolute atomic E-state index is 0. The average Bonchev–Trinajstić information content (AvgIpc) is 2.27. The van der Waals surface area contributed by atoms with Gasteiger partial charge >= 0.3 is 141 Å². The van der Waals surface area contributed by atoms with Gasteiger partial charge in [-0.1, -0.05) is 0 Å². The first-order valence-electron chi connectivity index (χ1n) is 2.00. The fourth-order valence-electron chi connectivity index (χ4n) is 0. The normalized spacial score (nSPS) is 3.56. The van der Waals surface area contributed by atoms with E-state index in [-0.39, 0.29) is 191 Å². The van der Waals surface area contributed by atoms with Crippen LogP contribution in [0.5, 0.6) is 0 Å². The summed E-state index contributed by atoms with van der Waals surface area (Å²) in [5, 5.41) is 0. The molecule has 0 bridgehead atoms. The van der Waals surface area contributed by atoms with Gasteiger partial charge in [-0.2, -0.15) is 0 Å². The Morgan fingerprint density at radius 2 is 0.296 bits per heavy atom. The van der Waals surface area contributed by atoms with Gasteiger partial charge in [-0.25, -0.2) is 0 Å². The summed E-state index contributed by atoms with van der Waals surface area (Å²) in [6.07, 6.45) is 0. The van der Waals surface area contributed by atoms with Crippen LogP contribution in [-0.4, -0.2) is 168 Å². The van der Waals surface area contributed by atoms with E-state index < -0.39 is 31.4 Å². The van der Waals surface area contributed by atoms with Gasteiger partial charge in [0.1, 0.15) is 0 Å². The molecule has 0 spiro atoms. The monoisotopic (exact) mass is 1390 g/mol. The molecule has 0 saturated carbocycles. The van der Waals surface area contributed by atoms with E-state index in [1.165, 1.54) is 68.8 Å². The van der Waals surface area contributed by atoms with Crippen molar-refractivity contribution in [2.24, 2.45) is 0 Å². The van der Waals surface area contributed by atoms with Gasteiger partial charge in [0.05, 0.1) is 0 Å². The third-order valence-corrected chi connectivity index (χ3v) is 0. The van der Waals surface area contributed by atoms with Crippen molar-refractivity contribution in [1.29, 1.82) is 0 Å². The molecule has 0 aliphatic heterocycles. The van der Waals surface area contributed by atoms with Gasteiger partial charge in [-0.15, -0.1) is 0 Å². The summed E-state index contributed by atoms with van der Waals surface area (Å²) in [5.41, 5.74) is 0. The second-order valence-corrected chi connectivity index (χ2v) is 2.79. The zero-order chi connectivity index (χ0) is 15.2. The summed E-state index contributed by atoms with van der Waals surface area (Å²) in [7, 11) is 0. The van der Waals surface area contributed by atoms with Crippen LogP contribution in [0.1, 0.15) is 0 Å². The summed E-state index contributed by atoms with van der Waals surface area (Å²) in [6.45, 7) is 0. The predicted molar refractivity (Wildman–Crippen MR) is 74.8 cm³/mol. The molecule has 0 fully saturated rings. The summed E-state index contributed by atoms with van der Waals surface area (Å²) >= 11 is -1.12. The second-order valence-electron chi connectivity index (χ2n) is 0.537. The van der Waals surface area contributed by atoms with E-state index in [1.807, 2.05) is 0 Å². The van der Waals surface area contributed by atoms with Crippen LogP contribution in [0, 0.1) is 0 Å². The Hall–Kier alpha value is 8.28. The molecule has 27 heteroatoms. The molecule has 0 aromatic carbocycles. The minimum atomic E-state index is -3.19. The molecule has 0 aliphatic carbocycles. The molecule has 0 atom stereocenters. The van der Waals surface area contributed by atoms with Crippen LogP contribution < -0.4 is 0 Å². The molecule has 8 radical (unpaired) electrons. The van der Waals surface area contributed by atoms with E-state index in [0.29, 0.717) is 0 Å². The van der Waals surface area contributed by atoms with E-state index in [2.05, 4.69) is 0 Å². The third-order valence-electron chi connectivity index (χ3n) is 0. The quantitative estimate of drug-likeness (QED) is 0.102. The van der Waals surface area contributed by atoms with Gasteiger partial charge < -0.3 is 27.4 Å². The summed E-state index contributed by atoms with van der Waals surface area (Å²) in [6, 6.07) is 0. The Kier molecular flexibility index (Phi) is 855. The SMILES string of the molecule is O.O.O.O.O.O[As].O[As].O[As].O[As].O[As](O)O.O[As](O)O.[Cd].[Cd].[Cd].[Cd].[Cd].[Cd]. The molecule has 0 amide bonds. The van der Waals surface area contributed by atoms with Crippen molar-refractivity contribution in [3.05, 3.63) is 0 Å². The predicted octanol–water partition coefficient (Wildman–Crippen LogP) is -12.0. The van der Waals surface area contributed by atoms with Crippen molar-refractivity contribution in [3.63, 3.8) is 0 Å². The fourth-order valence-corrected chi connectivity index (χ4v) is 0. The maximum absolute atomic E-state index is 7.31. The zero-order valence-electron chi connectivity index (χ0n) is 13.9. The Labute approximate surface area is 324 Å². The first-order valence-corrected chi connectivity index (χ1v) is 10.4. The first kappa shape index (κ1) is 124. The van der Waals surface area contributed by atoms with Crippen LogP contribution in [0.2, 0.25) is 0 Å². The maximum Gasteiger partial charge on any atom is 0 e. The third kappa shape index (κ3) is 521. The molecule has 20 N–H and O–H groups in total. The van der Waals surface area contributed by atoms with E-state index in [1.54, 1.807) is 0 Å². The molecule has 0 unspecified atom stereocenters. The largest absolute Gasteiger partial charge is 0 e. The summed E-state index contributed by atoms with van der Waals surface area (Å²) in [4.78, 5) is 0. The van der Waals surface area contributed by atoms with Crippen molar-refractivity contribution in [2.45, 2.75) is 0 Å². The zero-order valence-corrected chi connectivity index (χ0v) is 49.4. The van der Waals surface area contributed by atoms with Crippen molar-refractivity contribution < 1.29 is 232 Å². The van der Waals surface area contributed by atoms with Crippen molar-refractivity contribution in [3.8, 4) is 0 Å². The van der Waals surface area contributed by atoms with Gasteiger partial charge in [0.25, 0.3) is 0 Å². The average molecular weight is 1380 g/mol. The van der Waals surface area contributed by atoms with Crippen LogP contribution in [0.25, 0.3) is 0 Å². The molecular weight excluding hydrogens is 1360 g/mol. The molecule has 0 aliphatic rings. The Morgan fingerprint density at radius 3 is 0.296 bits per heavy atom. The van der Waals surface area contributed by atoms with Crippen molar-refractivity contribution in [1.82, 2.24) is 0 Å². The number of hydrogen-bond acceptors (Lipinski definition) is 10. The van der Waals surface area contributed by atoms with Gasteiger partial charge in [-0.3, -0.25) is 0 Å². The van der Waals surface area contributed by atoms with E-state index in [4.69, 9.17) is 41.0 Å². The Balaban J connectivity index is -0.00000000281. The van der Waals surface area contributed by atoms with E-state index >= 15 is 0 Å². The second kappa shape index (κ2) is 186. The maximum atomic E-state index is 7.31. The molecule has 15 nitrogen and oxygen atoms in total. The van der Waals surface area contributed by atoms with Crippen molar-refractivity contribution in [2.75, 3.05) is 0 Å². The Bertz CT molecular complexity index is 54.3. The Morgan fingerprint density at radius 1 is 0.296 bits per heavy atom. The van der Waals surface area contributed by atoms with Crippen LogP contribution >= 0.6 is 0 Å². The molecule has 0 aromatic rings. The molecule has 27 heavy (non-hydrogen) atoms. The van der Waals surface area contributed by atoms with Crippen LogP contribution in [-0.2, 0) is 164 Å². The van der Waals surface area contributed by atoms with E-state index in [9.17, 15) is 0 Å². The smallest absolute Gasteiger partial charge is 0 e. The molecular formula is H20As6Cd6O15. The summed E-state index contributed by atoms with van der Waals surface area (Å²) < 4.78 is 71.6. The van der Waals surface area contributed by atoms with Gasteiger partial charge in [-0.05, 0) is 0 Å². The standard InChI is InChI=1S/2AsH3O3.4AsHO.6Cd.5H2O/c2*2-1(3)4;4*1-2;;;;;;;;;;;/h2*2-4H;4*2H;;;;;;;5*1H2. The number of rotatable bonds is 0. The molecule has 0 aromatic heterocycles. The molecule has 0 rings (SSSR count). The minimum Gasteiger partial charge on any atom is 0 e. The molecule has 152 valence electrons. The van der Waals surface area contributed by atoms with Crippen LogP contribution in [0.4, 0.5) is 0 Å². The first-order chi connectivity index (χ1) is 7.46. The van der Waals surface area contributed by atoms with Crippen LogP contribution in [0.15, 0.2) is 0 Å².